The topological polar surface area (TPSA) is 175 Å². The number of ether oxygens (including phenoxy) is 1. The number of aromatic nitrogens is 2. The highest BCUT2D eigenvalue weighted by molar-refractivity contribution is 7.46. The molecule has 1 aliphatic heterocycles. The van der Waals surface area contributed by atoms with Crippen molar-refractivity contribution in [1.29, 1.82) is 5.26 Å². The van der Waals surface area contributed by atoms with Crippen LogP contribution in [0, 0.1) is 11.3 Å². The molecule has 1 aromatic heterocycles. The van der Waals surface area contributed by atoms with E-state index < -0.39 is 44.1 Å². The number of phosphoric acid groups is 1. The highest BCUT2D eigenvalue weighted by Gasteiger charge is 2.37. The van der Waals surface area contributed by atoms with Crippen LogP contribution in [-0.2, 0) is 13.8 Å². The Morgan fingerprint density at radius 1 is 1.55 bits per heavy atom. The molecule has 0 bridgehead atoms. The molecule has 1 fully saturated rings. The molecule has 1 saturated heterocycles. The van der Waals surface area contributed by atoms with E-state index in [9.17, 15) is 19.3 Å². The van der Waals surface area contributed by atoms with Gasteiger partial charge in [-0.15, -0.1) is 0 Å². The van der Waals surface area contributed by atoms with Gasteiger partial charge in [-0.1, -0.05) is 0 Å². The van der Waals surface area contributed by atoms with Gasteiger partial charge in [0.1, 0.15) is 24.0 Å². The van der Waals surface area contributed by atoms with E-state index in [2.05, 4.69) is 4.52 Å². The molecule has 4 N–H and O–H groups in total. The predicted molar refractivity (Wildman–Crippen MR) is 68.6 cm³/mol. The molecule has 1 aromatic rings. The molecule has 0 aliphatic carbocycles. The van der Waals surface area contributed by atoms with Crippen molar-refractivity contribution in [2.24, 2.45) is 0 Å². The smallest absolute Gasteiger partial charge is 0.390 e. The van der Waals surface area contributed by atoms with E-state index in [-0.39, 0.29) is 12.0 Å². The molecule has 11 nitrogen and oxygen atoms in total. The Kier molecular flexibility index (Phi) is 4.62. The van der Waals surface area contributed by atoms with Crippen LogP contribution in [0.1, 0.15) is 18.2 Å². The summed E-state index contributed by atoms with van der Waals surface area (Å²) in [6, 6.07) is 1.60. The molecule has 0 radical (unpaired) electrons. The molecular weight excluding hydrogens is 321 g/mol. The molecule has 22 heavy (non-hydrogen) atoms. The summed E-state index contributed by atoms with van der Waals surface area (Å²) in [5.74, 6) is 0. The molecule has 0 saturated carbocycles. The quantitative estimate of drug-likeness (QED) is 0.461. The number of nitrogens with zero attached hydrogens (tertiary/aromatic N) is 2. The van der Waals surface area contributed by atoms with Crippen molar-refractivity contribution < 1.29 is 28.7 Å². The largest absolute Gasteiger partial charge is 0.469 e. The van der Waals surface area contributed by atoms with Gasteiger partial charge in [0.25, 0.3) is 5.56 Å². The third-order valence-corrected chi connectivity index (χ3v) is 3.50. The SMILES string of the molecule is N#Cc1cn([C@H]2C[C@H](O)[C@@H](COP(=O)(O)O)O2)c(=O)[nH]c1=O. The first-order valence-electron chi connectivity index (χ1n) is 6.00. The fraction of sp³-hybridized carbons (Fsp3) is 0.500. The van der Waals surface area contributed by atoms with Crippen LogP contribution < -0.4 is 11.2 Å². The highest BCUT2D eigenvalue weighted by atomic mass is 31.2. The Labute approximate surface area is 122 Å². The van der Waals surface area contributed by atoms with E-state index in [1.165, 1.54) is 0 Å². The first kappa shape index (κ1) is 16.6. The van der Waals surface area contributed by atoms with Crippen LogP contribution in [0.2, 0.25) is 0 Å². The number of aliphatic hydroxyl groups excluding tert-OH is 1. The van der Waals surface area contributed by atoms with E-state index in [1.807, 2.05) is 4.98 Å². The van der Waals surface area contributed by atoms with Crippen molar-refractivity contribution in [3.8, 4) is 6.07 Å². The summed E-state index contributed by atoms with van der Waals surface area (Å²) < 4.78 is 21.1. The third kappa shape index (κ3) is 3.69. The molecule has 12 heteroatoms. The predicted octanol–water partition coefficient (Wildman–Crippen LogP) is -1.83. The summed E-state index contributed by atoms with van der Waals surface area (Å²) in [5.41, 5.74) is -1.99. The summed E-state index contributed by atoms with van der Waals surface area (Å²) in [6.07, 6.45) is -2.30. The monoisotopic (exact) mass is 333 g/mol. The van der Waals surface area contributed by atoms with Crippen molar-refractivity contribution in [3.05, 3.63) is 32.6 Å². The van der Waals surface area contributed by atoms with Gasteiger partial charge in [-0.25, -0.2) is 9.36 Å². The molecule has 0 amide bonds. The van der Waals surface area contributed by atoms with Crippen molar-refractivity contribution in [1.82, 2.24) is 9.55 Å². The van der Waals surface area contributed by atoms with Crippen LogP contribution in [0.15, 0.2) is 15.8 Å². The van der Waals surface area contributed by atoms with Gasteiger partial charge in [-0.3, -0.25) is 18.9 Å². The summed E-state index contributed by atoms with van der Waals surface area (Å²) in [5, 5.41) is 18.6. The molecular formula is C10H12N3O8P. The lowest BCUT2D eigenvalue weighted by Crippen LogP contribution is -2.33. The normalized spacial score (nSPS) is 25.1. The zero-order valence-electron chi connectivity index (χ0n) is 10.9. The number of rotatable bonds is 4. The number of H-pyrrole nitrogens is 1. The standard InChI is InChI=1S/C10H12N3O8P/c11-2-5-3-13(10(16)12-9(5)15)8-1-6(14)7(21-8)4-20-22(17,18)19/h3,6-8,14H,1,4H2,(H,12,15,16)(H2,17,18,19)/t6-,7+,8+/m0/s1. The van der Waals surface area contributed by atoms with E-state index in [0.717, 1.165) is 10.8 Å². The summed E-state index contributed by atoms with van der Waals surface area (Å²) in [6.45, 7) is -0.578. The minimum absolute atomic E-state index is 0.0774. The highest BCUT2D eigenvalue weighted by Crippen LogP contribution is 2.38. The number of hydrogen-bond acceptors (Lipinski definition) is 7. The van der Waals surface area contributed by atoms with Gasteiger partial charge in [0.05, 0.1) is 12.7 Å². The van der Waals surface area contributed by atoms with Crippen LogP contribution in [0.25, 0.3) is 0 Å². The minimum Gasteiger partial charge on any atom is -0.390 e. The van der Waals surface area contributed by atoms with Crippen LogP contribution in [0.4, 0.5) is 0 Å². The zero-order chi connectivity index (χ0) is 16.5. The summed E-state index contributed by atoms with van der Waals surface area (Å²) in [4.78, 5) is 42.2. The molecule has 0 aromatic carbocycles. The van der Waals surface area contributed by atoms with Gasteiger partial charge in [-0.05, 0) is 0 Å². The van der Waals surface area contributed by atoms with Gasteiger partial charge >= 0.3 is 13.5 Å². The van der Waals surface area contributed by atoms with Crippen LogP contribution in [0.5, 0.6) is 0 Å². The number of nitriles is 1. The average molecular weight is 333 g/mol. The maximum atomic E-state index is 11.7. The maximum absolute atomic E-state index is 11.7. The zero-order valence-corrected chi connectivity index (χ0v) is 11.8. The fourth-order valence-corrected chi connectivity index (χ4v) is 2.33. The van der Waals surface area contributed by atoms with Crippen LogP contribution in [0.3, 0.4) is 0 Å². The molecule has 2 heterocycles. The molecule has 0 spiro atoms. The van der Waals surface area contributed by atoms with Gasteiger partial charge in [0.2, 0.25) is 0 Å². The van der Waals surface area contributed by atoms with Crippen molar-refractivity contribution in [2.75, 3.05) is 6.61 Å². The molecule has 3 atom stereocenters. The second-order valence-electron chi connectivity index (χ2n) is 4.54. The van der Waals surface area contributed by atoms with E-state index in [4.69, 9.17) is 19.8 Å². The van der Waals surface area contributed by atoms with Crippen molar-refractivity contribution >= 4 is 7.82 Å². The van der Waals surface area contributed by atoms with Gasteiger partial charge < -0.3 is 19.6 Å². The second-order valence-corrected chi connectivity index (χ2v) is 5.78. The Morgan fingerprint density at radius 2 is 2.23 bits per heavy atom. The first-order valence-corrected chi connectivity index (χ1v) is 7.53. The van der Waals surface area contributed by atoms with Gasteiger partial charge in [0.15, 0.2) is 0 Å². The molecule has 2 rings (SSSR count). The fourth-order valence-electron chi connectivity index (χ4n) is 1.99. The number of nitrogens with one attached hydrogen (secondary N) is 1. The summed E-state index contributed by atoms with van der Waals surface area (Å²) >= 11 is 0. The lowest BCUT2D eigenvalue weighted by Gasteiger charge is -2.16. The number of hydrogen-bond donors (Lipinski definition) is 4. The minimum atomic E-state index is -4.72. The summed E-state index contributed by atoms with van der Waals surface area (Å²) in [7, 11) is -4.72. The Bertz CT molecular complexity index is 759. The Morgan fingerprint density at radius 3 is 2.82 bits per heavy atom. The Balaban J connectivity index is 2.19. The first-order chi connectivity index (χ1) is 10.2. The molecule has 120 valence electrons. The van der Waals surface area contributed by atoms with Gasteiger partial charge in [-0.2, -0.15) is 5.26 Å². The second kappa shape index (κ2) is 6.13. The average Bonchev–Trinajstić information content (AvgIpc) is 2.77. The molecule has 1 aliphatic rings. The lowest BCUT2D eigenvalue weighted by atomic mass is 10.2. The number of aliphatic hydroxyl groups is 1. The van der Waals surface area contributed by atoms with Crippen LogP contribution in [-0.4, -0.2) is 43.3 Å². The van der Waals surface area contributed by atoms with E-state index in [0.29, 0.717) is 0 Å². The van der Waals surface area contributed by atoms with E-state index >= 15 is 0 Å². The lowest BCUT2D eigenvalue weighted by molar-refractivity contribution is -0.0451. The van der Waals surface area contributed by atoms with Gasteiger partial charge in [0, 0.05) is 12.6 Å². The third-order valence-electron chi connectivity index (χ3n) is 3.01. The Hall–Kier alpha value is -1.80. The molecule has 0 unspecified atom stereocenters. The van der Waals surface area contributed by atoms with Crippen LogP contribution >= 0.6 is 7.82 Å². The van der Waals surface area contributed by atoms with E-state index in [1.54, 1.807) is 6.07 Å². The number of aromatic amines is 1. The van der Waals surface area contributed by atoms with Crippen molar-refractivity contribution in [3.63, 3.8) is 0 Å². The number of phosphoric ester groups is 1. The maximum Gasteiger partial charge on any atom is 0.469 e. The van der Waals surface area contributed by atoms with Crippen molar-refractivity contribution in [2.45, 2.75) is 24.9 Å².